The summed E-state index contributed by atoms with van der Waals surface area (Å²) in [6.45, 7) is 6.87. The van der Waals surface area contributed by atoms with E-state index >= 15 is 0 Å². The van der Waals surface area contributed by atoms with Gasteiger partial charge in [0.25, 0.3) is 5.91 Å². The standard InChI is InChI=1S/C19H26N2O5S/c1-4-12-21(27(3,24)25)17-8-6-15(7-9-17)18(22)20-13-10-16(11-14-20)19(23)26-5-2/h4,6-9,16H,1,5,10-14H2,2-3H3. The SMILES string of the molecule is C=CCN(c1ccc(C(=O)N2CCC(C(=O)OCC)CC2)cc1)S(C)(=O)=O. The fourth-order valence-corrected chi connectivity index (χ4v) is 3.96. The van der Waals surface area contributed by atoms with Gasteiger partial charge in [-0.3, -0.25) is 13.9 Å². The van der Waals surface area contributed by atoms with E-state index in [9.17, 15) is 18.0 Å². The molecule has 7 nitrogen and oxygen atoms in total. The molecule has 0 aromatic heterocycles. The van der Waals surface area contributed by atoms with Crippen molar-refractivity contribution in [1.82, 2.24) is 4.90 Å². The van der Waals surface area contributed by atoms with Gasteiger partial charge in [-0.2, -0.15) is 0 Å². The van der Waals surface area contributed by atoms with Crippen molar-refractivity contribution in [3.63, 3.8) is 0 Å². The molecule has 1 aromatic carbocycles. The first-order valence-corrected chi connectivity index (χ1v) is 10.8. The van der Waals surface area contributed by atoms with Crippen molar-refractivity contribution in [3.05, 3.63) is 42.5 Å². The molecule has 0 atom stereocenters. The zero-order valence-electron chi connectivity index (χ0n) is 15.8. The molecule has 8 heteroatoms. The molecule has 1 aliphatic rings. The molecule has 0 spiro atoms. The summed E-state index contributed by atoms with van der Waals surface area (Å²) in [5.41, 5.74) is 0.968. The lowest BCUT2D eigenvalue weighted by atomic mass is 9.96. The molecule has 1 fully saturated rings. The first-order chi connectivity index (χ1) is 12.8. The monoisotopic (exact) mass is 394 g/mol. The number of carbonyl (C=O) groups is 2. The Bertz CT molecular complexity index is 781. The molecule has 27 heavy (non-hydrogen) atoms. The number of hydrogen-bond donors (Lipinski definition) is 0. The van der Waals surface area contributed by atoms with Crippen LogP contribution < -0.4 is 4.31 Å². The van der Waals surface area contributed by atoms with Crippen LogP contribution in [0.3, 0.4) is 0 Å². The first-order valence-electron chi connectivity index (χ1n) is 8.92. The van der Waals surface area contributed by atoms with Gasteiger partial charge in [-0.15, -0.1) is 6.58 Å². The van der Waals surface area contributed by atoms with E-state index in [0.717, 1.165) is 6.26 Å². The maximum Gasteiger partial charge on any atom is 0.309 e. The number of anilines is 1. The molecule has 0 N–H and O–H groups in total. The lowest BCUT2D eigenvalue weighted by Crippen LogP contribution is -2.40. The number of ether oxygens (including phenoxy) is 1. The lowest BCUT2D eigenvalue weighted by molar-refractivity contribution is -0.149. The predicted molar refractivity (Wildman–Crippen MR) is 104 cm³/mol. The van der Waals surface area contributed by atoms with Crippen LogP contribution >= 0.6 is 0 Å². The second kappa shape index (κ2) is 9.03. The Kier molecular flexibility index (Phi) is 7.01. The molecule has 0 radical (unpaired) electrons. The van der Waals surface area contributed by atoms with Gasteiger partial charge < -0.3 is 9.64 Å². The summed E-state index contributed by atoms with van der Waals surface area (Å²) in [7, 11) is -3.43. The number of hydrogen-bond acceptors (Lipinski definition) is 5. The van der Waals surface area contributed by atoms with E-state index in [4.69, 9.17) is 4.74 Å². The van der Waals surface area contributed by atoms with Crippen LogP contribution in [-0.4, -0.2) is 57.7 Å². The quantitative estimate of drug-likeness (QED) is 0.522. The highest BCUT2D eigenvalue weighted by atomic mass is 32.2. The number of rotatable bonds is 7. The molecule has 1 amide bonds. The Labute approximate surface area is 160 Å². The highest BCUT2D eigenvalue weighted by Gasteiger charge is 2.28. The number of amides is 1. The van der Waals surface area contributed by atoms with Crippen molar-refractivity contribution in [1.29, 1.82) is 0 Å². The Hall–Kier alpha value is -2.35. The number of esters is 1. The van der Waals surface area contributed by atoms with Crippen LogP contribution in [0.15, 0.2) is 36.9 Å². The van der Waals surface area contributed by atoms with Gasteiger partial charge in [0, 0.05) is 18.7 Å². The first kappa shape index (κ1) is 21.0. The molecule has 1 aromatic rings. The molecule has 148 valence electrons. The third kappa shape index (κ3) is 5.32. The molecule has 0 aliphatic carbocycles. The molecular weight excluding hydrogens is 368 g/mol. The minimum Gasteiger partial charge on any atom is -0.466 e. The van der Waals surface area contributed by atoms with Crippen molar-refractivity contribution in [3.8, 4) is 0 Å². The van der Waals surface area contributed by atoms with Gasteiger partial charge in [0.2, 0.25) is 10.0 Å². The van der Waals surface area contributed by atoms with E-state index in [1.54, 1.807) is 36.1 Å². The fraction of sp³-hybridized carbons (Fsp3) is 0.474. The number of carbonyl (C=O) groups excluding carboxylic acids is 2. The molecule has 1 heterocycles. The third-order valence-electron chi connectivity index (χ3n) is 4.50. The fourth-order valence-electron chi connectivity index (χ4n) is 3.08. The number of nitrogens with zero attached hydrogens (tertiary/aromatic N) is 2. The molecule has 1 aliphatic heterocycles. The van der Waals surface area contributed by atoms with Crippen LogP contribution in [0.25, 0.3) is 0 Å². The molecular formula is C19H26N2O5S. The van der Waals surface area contributed by atoms with Crippen molar-refractivity contribution >= 4 is 27.6 Å². The van der Waals surface area contributed by atoms with Crippen LogP contribution in [0.5, 0.6) is 0 Å². The maximum atomic E-state index is 12.7. The summed E-state index contributed by atoms with van der Waals surface area (Å²) in [6, 6.07) is 6.47. The van der Waals surface area contributed by atoms with Gasteiger partial charge in [-0.25, -0.2) is 8.42 Å². The van der Waals surface area contributed by atoms with Gasteiger partial charge in [0.1, 0.15) is 0 Å². The molecule has 2 rings (SSSR count). The normalized spacial score (nSPS) is 15.3. The second-order valence-electron chi connectivity index (χ2n) is 6.45. The number of likely N-dealkylation sites (tertiary alicyclic amines) is 1. The Balaban J connectivity index is 2.04. The van der Waals surface area contributed by atoms with Crippen molar-refractivity contribution in [2.45, 2.75) is 19.8 Å². The summed E-state index contributed by atoms with van der Waals surface area (Å²) in [5.74, 6) is -0.478. The zero-order valence-corrected chi connectivity index (χ0v) is 16.6. The second-order valence-corrected chi connectivity index (χ2v) is 8.35. The van der Waals surface area contributed by atoms with Gasteiger partial charge >= 0.3 is 5.97 Å². The highest BCUT2D eigenvalue weighted by Crippen LogP contribution is 2.22. The van der Waals surface area contributed by atoms with Crippen LogP contribution in [-0.2, 0) is 19.6 Å². The molecule has 0 bridgehead atoms. The zero-order chi connectivity index (χ0) is 20.0. The van der Waals surface area contributed by atoms with E-state index in [1.165, 1.54) is 10.4 Å². The average Bonchev–Trinajstić information content (AvgIpc) is 2.65. The highest BCUT2D eigenvalue weighted by molar-refractivity contribution is 7.92. The van der Waals surface area contributed by atoms with Crippen LogP contribution in [0.1, 0.15) is 30.1 Å². The lowest BCUT2D eigenvalue weighted by Gasteiger charge is -2.31. The Morgan fingerprint density at radius 1 is 1.26 bits per heavy atom. The average molecular weight is 394 g/mol. The summed E-state index contributed by atoms with van der Waals surface area (Å²) >= 11 is 0. The molecule has 0 saturated carbocycles. The van der Waals surface area contributed by atoms with Crippen LogP contribution in [0, 0.1) is 5.92 Å². The van der Waals surface area contributed by atoms with E-state index in [-0.39, 0.29) is 24.3 Å². The summed E-state index contributed by atoms with van der Waals surface area (Å²) in [6.07, 6.45) is 3.81. The van der Waals surface area contributed by atoms with Gasteiger partial charge in [-0.05, 0) is 44.0 Å². The summed E-state index contributed by atoms with van der Waals surface area (Å²) in [4.78, 5) is 26.2. The van der Waals surface area contributed by atoms with E-state index in [2.05, 4.69) is 6.58 Å². The van der Waals surface area contributed by atoms with Crippen LogP contribution in [0.2, 0.25) is 0 Å². The maximum absolute atomic E-state index is 12.7. The third-order valence-corrected chi connectivity index (χ3v) is 5.66. The van der Waals surface area contributed by atoms with Crippen LogP contribution in [0.4, 0.5) is 5.69 Å². The van der Waals surface area contributed by atoms with E-state index < -0.39 is 10.0 Å². The van der Waals surface area contributed by atoms with Crippen molar-refractivity contribution in [2.24, 2.45) is 5.92 Å². The van der Waals surface area contributed by atoms with E-state index in [0.29, 0.717) is 43.8 Å². The minimum atomic E-state index is -3.43. The number of sulfonamides is 1. The number of piperidine rings is 1. The Morgan fingerprint density at radius 2 is 1.85 bits per heavy atom. The predicted octanol–water partition coefficient (Wildman–Crippen LogP) is 2.05. The van der Waals surface area contributed by atoms with Gasteiger partial charge in [0.15, 0.2) is 0 Å². The topological polar surface area (TPSA) is 84.0 Å². The summed E-state index contributed by atoms with van der Waals surface area (Å²) in [5, 5.41) is 0. The molecule has 0 unspecified atom stereocenters. The van der Waals surface area contributed by atoms with Crippen molar-refractivity contribution < 1.29 is 22.7 Å². The Morgan fingerprint density at radius 3 is 2.33 bits per heavy atom. The largest absolute Gasteiger partial charge is 0.466 e. The van der Waals surface area contributed by atoms with Gasteiger partial charge in [-0.1, -0.05) is 6.08 Å². The van der Waals surface area contributed by atoms with Crippen molar-refractivity contribution in [2.75, 3.05) is 36.8 Å². The smallest absolute Gasteiger partial charge is 0.309 e. The minimum absolute atomic E-state index is 0.126. The summed E-state index contributed by atoms with van der Waals surface area (Å²) < 4.78 is 30.0. The van der Waals surface area contributed by atoms with Gasteiger partial charge in [0.05, 0.1) is 31.0 Å². The number of benzene rings is 1. The molecule has 1 saturated heterocycles. The van der Waals surface area contributed by atoms with E-state index in [1.807, 2.05) is 0 Å².